The van der Waals surface area contributed by atoms with Gasteiger partial charge < -0.3 is 19.7 Å². The normalized spacial score (nSPS) is 15.6. The molecule has 7 nitrogen and oxygen atoms in total. The maximum atomic E-state index is 13.0. The van der Waals surface area contributed by atoms with E-state index in [1.54, 1.807) is 30.3 Å². The van der Waals surface area contributed by atoms with E-state index < -0.39 is 12.0 Å². The van der Waals surface area contributed by atoms with Crippen molar-refractivity contribution >= 4 is 17.8 Å². The molecular weight excluding hydrogens is 408 g/mol. The number of nitrogens with one attached hydrogen (secondary N) is 1. The average molecular weight is 437 g/mol. The first kappa shape index (κ1) is 23.1. The highest BCUT2D eigenvalue weighted by Crippen LogP contribution is 2.18. The Hall–Kier alpha value is -3.61. The number of ether oxygens (including phenoxy) is 2. The van der Waals surface area contributed by atoms with Gasteiger partial charge in [-0.3, -0.25) is 14.4 Å². The zero-order valence-electron chi connectivity index (χ0n) is 18.0. The number of amides is 2. The lowest BCUT2D eigenvalue weighted by atomic mass is 10.1. The van der Waals surface area contributed by atoms with Crippen LogP contribution in [-0.4, -0.2) is 55.0 Å². The fourth-order valence-electron chi connectivity index (χ4n) is 3.50. The van der Waals surface area contributed by atoms with Crippen LogP contribution in [0.4, 0.5) is 0 Å². The molecule has 0 saturated carbocycles. The molecule has 1 unspecified atom stereocenters. The number of esters is 1. The van der Waals surface area contributed by atoms with Gasteiger partial charge in [0, 0.05) is 18.7 Å². The highest BCUT2D eigenvalue weighted by molar-refractivity contribution is 5.99. The smallest absolute Gasteiger partial charge is 0.308 e. The monoisotopic (exact) mass is 436 g/mol. The van der Waals surface area contributed by atoms with Crippen LogP contribution in [0.5, 0.6) is 5.75 Å². The van der Waals surface area contributed by atoms with Gasteiger partial charge in [0.1, 0.15) is 18.4 Å². The summed E-state index contributed by atoms with van der Waals surface area (Å²) in [6, 6.07) is 15.7. The lowest BCUT2D eigenvalue weighted by molar-refractivity contribution is -0.147. The number of hydrogen-bond acceptors (Lipinski definition) is 5. The molecular formula is C25H28N2O5. The first-order valence-electron chi connectivity index (χ1n) is 10.7. The zero-order chi connectivity index (χ0) is 22.8. The molecule has 1 heterocycles. The molecule has 1 aliphatic heterocycles. The van der Waals surface area contributed by atoms with E-state index in [1.165, 1.54) is 10.5 Å². The van der Waals surface area contributed by atoms with E-state index in [1.807, 2.05) is 30.3 Å². The maximum absolute atomic E-state index is 13.0. The Balaban J connectivity index is 1.54. The molecule has 0 bridgehead atoms. The second-order valence-electron chi connectivity index (χ2n) is 7.44. The second-order valence-corrected chi connectivity index (χ2v) is 7.44. The predicted octanol–water partition coefficient (Wildman–Crippen LogP) is 2.76. The minimum atomic E-state index is -0.894. The summed E-state index contributed by atoms with van der Waals surface area (Å²) in [5, 5.41) is 2.72. The van der Waals surface area contributed by atoms with Gasteiger partial charge >= 0.3 is 5.97 Å². The van der Waals surface area contributed by atoms with Crippen molar-refractivity contribution in [2.24, 2.45) is 0 Å². The molecule has 2 aromatic carbocycles. The van der Waals surface area contributed by atoms with Gasteiger partial charge in [-0.2, -0.15) is 0 Å². The summed E-state index contributed by atoms with van der Waals surface area (Å²) in [6.45, 7) is 4.90. The molecule has 168 valence electrons. The number of benzene rings is 2. The van der Waals surface area contributed by atoms with Crippen molar-refractivity contribution in [2.45, 2.75) is 25.3 Å². The van der Waals surface area contributed by atoms with Crippen molar-refractivity contribution < 1.29 is 23.9 Å². The Morgan fingerprint density at radius 3 is 2.59 bits per heavy atom. The van der Waals surface area contributed by atoms with Gasteiger partial charge in [0.25, 0.3) is 5.91 Å². The molecule has 2 amide bonds. The van der Waals surface area contributed by atoms with Crippen LogP contribution in [-0.2, 0) is 20.7 Å². The van der Waals surface area contributed by atoms with E-state index in [9.17, 15) is 14.4 Å². The maximum Gasteiger partial charge on any atom is 0.308 e. The predicted molar refractivity (Wildman–Crippen MR) is 120 cm³/mol. The fraction of sp³-hybridized carbons (Fsp3) is 0.320. The van der Waals surface area contributed by atoms with E-state index >= 15 is 0 Å². The number of hydrogen-bond donors (Lipinski definition) is 1. The number of nitrogens with zero attached hydrogens (tertiary/aromatic N) is 1. The molecule has 3 rings (SSSR count). The molecule has 1 atom stereocenters. The molecule has 0 radical (unpaired) electrons. The summed E-state index contributed by atoms with van der Waals surface area (Å²) >= 11 is 0. The van der Waals surface area contributed by atoms with E-state index in [0.717, 1.165) is 6.42 Å². The largest absolute Gasteiger partial charge is 0.490 e. The minimum absolute atomic E-state index is 0.177. The number of carbonyl (C=O) groups excluding carboxylic acids is 3. The molecule has 0 aromatic heterocycles. The number of piperazine rings is 1. The number of carbonyl (C=O) groups is 3. The van der Waals surface area contributed by atoms with Crippen LogP contribution in [0.3, 0.4) is 0 Å². The quantitative estimate of drug-likeness (QED) is 0.352. The van der Waals surface area contributed by atoms with Crippen LogP contribution in [0, 0.1) is 0 Å². The molecule has 32 heavy (non-hydrogen) atoms. The fourth-order valence-corrected chi connectivity index (χ4v) is 3.50. The molecule has 1 N–H and O–H groups in total. The van der Waals surface area contributed by atoms with Crippen LogP contribution in [0.25, 0.3) is 0 Å². The summed E-state index contributed by atoms with van der Waals surface area (Å²) in [5.74, 6) is -0.534. The lowest BCUT2D eigenvalue weighted by Gasteiger charge is -2.34. The highest BCUT2D eigenvalue weighted by atomic mass is 16.5. The standard InChI is InChI=1S/C25H28N2O5/c1-2-16-31-21-12-10-20(11-13-21)25(30)27-15-14-26-24(29)22(27)18-23(28)32-17-6-9-19-7-4-3-5-8-19/h2-5,7-8,10-13,22H,1,6,9,14-18H2,(H,26,29). The first-order chi connectivity index (χ1) is 15.6. The average Bonchev–Trinajstić information content (AvgIpc) is 2.82. The van der Waals surface area contributed by atoms with Gasteiger partial charge in [0.2, 0.25) is 5.91 Å². The van der Waals surface area contributed by atoms with E-state index in [2.05, 4.69) is 11.9 Å². The Bertz CT molecular complexity index is 927. The van der Waals surface area contributed by atoms with Crippen molar-refractivity contribution in [3.8, 4) is 5.75 Å². The Labute approximate surface area is 188 Å². The molecule has 2 aromatic rings. The lowest BCUT2D eigenvalue weighted by Crippen LogP contribution is -2.57. The number of rotatable bonds is 10. The van der Waals surface area contributed by atoms with Crippen LogP contribution in [0.15, 0.2) is 67.3 Å². The summed E-state index contributed by atoms with van der Waals surface area (Å²) < 4.78 is 10.8. The highest BCUT2D eigenvalue weighted by Gasteiger charge is 2.35. The van der Waals surface area contributed by atoms with Gasteiger partial charge in [-0.05, 0) is 42.7 Å². The van der Waals surface area contributed by atoms with E-state index in [0.29, 0.717) is 37.4 Å². The second kappa shape index (κ2) is 11.7. The molecule has 1 fully saturated rings. The van der Waals surface area contributed by atoms with Crippen LogP contribution in [0.1, 0.15) is 28.8 Å². The van der Waals surface area contributed by atoms with Crippen molar-refractivity contribution in [3.63, 3.8) is 0 Å². The summed E-state index contributed by atoms with van der Waals surface area (Å²) in [6.07, 6.45) is 2.95. The third-order valence-electron chi connectivity index (χ3n) is 5.14. The van der Waals surface area contributed by atoms with Gasteiger partial charge in [0.05, 0.1) is 13.0 Å². The zero-order valence-corrected chi connectivity index (χ0v) is 18.0. The van der Waals surface area contributed by atoms with Crippen LogP contribution in [0.2, 0.25) is 0 Å². The molecule has 0 aliphatic carbocycles. The Morgan fingerprint density at radius 1 is 1.12 bits per heavy atom. The van der Waals surface area contributed by atoms with Crippen molar-refractivity contribution in [1.82, 2.24) is 10.2 Å². The van der Waals surface area contributed by atoms with E-state index in [-0.39, 0.29) is 24.8 Å². The molecule has 1 saturated heterocycles. The van der Waals surface area contributed by atoms with Crippen LogP contribution >= 0.6 is 0 Å². The molecule has 1 aliphatic rings. The Morgan fingerprint density at radius 2 is 1.88 bits per heavy atom. The molecule has 0 spiro atoms. The minimum Gasteiger partial charge on any atom is -0.490 e. The van der Waals surface area contributed by atoms with Gasteiger partial charge in [-0.25, -0.2) is 0 Å². The first-order valence-corrected chi connectivity index (χ1v) is 10.7. The Kier molecular flexibility index (Phi) is 8.43. The molecule has 7 heteroatoms. The van der Waals surface area contributed by atoms with Gasteiger partial charge in [-0.1, -0.05) is 43.0 Å². The van der Waals surface area contributed by atoms with Crippen molar-refractivity contribution in [2.75, 3.05) is 26.3 Å². The van der Waals surface area contributed by atoms with E-state index in [4.69, 9.17) is 9.47 Å². The van der Waals surface area contributed by atoms with Gasteiger partial charge in [-0.15, -0.1) is 0 Å². The third-order valence-corrected chi connectivity index (χ3v) is 5.14. The number of aryl methyl sites for hydroxylation is 1. The van der Waals surface area contributed by atoms with Crippen molar-refractivity contribution in [3.05, 3.63) is 78.4 Å². The topological polar surface area (TPSA) is 84.9 Å². The third kappa shape index (κ3) is 6.44. The van der Waals surface area contributed by atoms with Crippen LogP contribution < -0.4 is 10.1 Å². The SMILES string of the molecule is C=CCOc1ccc(C(=O)N2CCNC(=O)C2CC(=O)OCCCc2ccccc2)cc1. The summed E-state index contributed by atoms with van der Waals surface area (Å²) in [5.41, 5.74) is 1.60. The van der Waals surface area contributed by atoms with Gasteiger partial charge in [0.15, 0.2) is 0 Å². The summed E-state index contributed by atoms with van der Waals surface area (Å²) in [4.78, 5) is 39.2. The summed E-state index contributed by atoms with van der Waals surface area (Å²) in [7, 11) is 0. The van der Waals surface area contributed by atoms with Crippen molar-refractivity contribution in [1.29, 1.82) is 0 Å².